The summed E-state index contributed by atoms with van der Waals surface area (Å²) >= 11 is 0. The van der Waals surface area contributed by atoms with E-state index in [2.05, 4.69) is 320 Å². The molecular formula is C78H68BN3O. The fraction of sp³-hybridized carbons (Fsp3) is 0.154. The molecule has 0 saturated heterocycles. The Balaban J connectivity index is 1.03. The van der Waals surface area contributed by atoms with Gasteiger partial charge in [-0.25, -0.2) is 0 Å². The molecule has 5 heteroatoms. The van der Waals surface area contributed by atoms with E-state index in [1.165, 1.54) is 72.4 Å². The monoisotopic (exact) mass is 1070 g/mol. The Hall–Kier alpha value is -9.32. The van der Waals surface area contributed by atoms with Crippen LogP contribution in [0.5, 0.6) is 0 Å². The van der Waals surface area contributed by atoms with Crippen LogP contribution < -0.4 is 31.1 Å². The first-order valence-electron chi connectivity index (χ1n) is 29.3. The molecule has 404 valence electrons. The van der Waals surface area contributed by atoms with Crippen molar-refractivity contribution in [3.05, 3.63) is 265 Å². The number of nitrogens with zero attached hydrogens (tertiary/aromatic N) is 3. The van der Waals surface area contributed by atoms with Gasteiger partial charge >= 0.3 is 0 Å². The van der Waals surface area contributed by atoms with Crippen LogP contribution in [0.4, 0.5) is 51.2 Å². The van der Waals surface area contributed by atoms with Crippen LogP contribution in [0.1, 0.15) is 79.0 Å². The lowest BCUT2D eigenvalue weighted by molar-refractivity contribution is 0.590. The largest absolute Gasteiger partial charge is 0.455 e. The first-order chi connectivity index (χ1) is 40.0. The lowest BCUT2D eigenvalue weighted by Crippen LogP contribution is -2.61. The molecule has 4 nitrogen and oxygen atoms in total. The zero-order valence-corrected chi connectivity index (χ0v) is 49.0. The van der Waals surface area contributed by atoms with E-state index in [0.29, 0.717) is 0 Å². The molecule has 2 aliphatic heterocycles. The summed E-state index contributed by atoms with van der Waals surface area (Å²) in [5.41, 5.74) is 26.4. The predicted octanol–water partition coefficient (Wildman–Crippen LogP) is 20.0. The van der Waals surface area contributed by atoms with Gasteiger partial charge in [-0.05, 0) is 162 Å². The number of benzene rings is 11. The molecule has 83 heavy (non-hydrogen) atoms. The molecule has 0 atom stereocenters. The Morgan fingerprint density at radius 2 is 0.819 bits per heavy atom. The molecule has 12 aromatic rings. The van der Waals surface area contributed by atoms with Gasteiger partial charge in [-0.3, -0.25) is 0 Å². The normalized spacial score (nSPS) is 13.0. The second kappa shape index (κ2) is 19.7. The molecule has 1 aromatic heterocycles. The maximum absolute atomic E-state index is 6.64. The number of furan rings is 1. The summed E-state index contributed by atoms with van der Waals surface area (Å²) in [4.78, 5) is 7.56. The van der Waals surface area contributed by atoms with Gasteiger partial charge in [0.1, 0.15) is 11.2 Å². The first kappa shape index (κ1) is 51.8. The Kier molecular flexibility index (Phi) is 12.3. The third-order valence-electron chi connectivity index (χ3n) is 17.3. The molecule has 3 heterocycles. The average Bonchev–Trinajstić information content (AvgIpc) is 3.32. The van der Waals surface area contributed by atoms with Gasteiger partial charge in [-0.1, -0.05) is 226 Å². The molecule has 0 spiro atoms. The molecule has 0 bridgehead atoms. The second-order valence-corrected chi connectivity index (χ2v) is 25.8. The fourth-order valence-corrected chi connectivity index (χ4v) is 12.8. The fourth-order valence-electron chi connectivity index (χ4n) is 12.8. The molecule has 14 rings (SSSR count). The van der Waals surface area contributed by atoms with Crippen molar-refractivity contribution in [3.8, 4) is 33.4 Å². The van der Waals surface area contributed by atoms with Crippen LogP contribution >= 0.6 is 0 Å². The van der Waals surface area contributed by atoms with Crippen LogP contribution in [0.25, 0.3) is 55.3 Å². The Morgan fingerprint density at radius 1 is 0.337 bits per heavy atom. The smallest absolute Gasteiger partial charge is 0.252 e. The molecule has 0 amide bonds. The van der Waals surface area contributed by atoms with Crippen molar-refractivity contribution in [1.82, 2.24) is 0 Å². The van der Waals surface area contributed by atoms with Gasteiger partial charge in [-0.2, -0.15) is 0 Å². The van der Waals surface area contributed by atoms with Crippen molar-refractivity contribution < 1.29 is 4.42 Å². The summed E-state index contributed by atoms with van der Waals surface area (Å²) < 4.78 is 6.64. The van der Waals surface area contributed by atoms with Crippen LogP contribution in [0.2, 0.25) is 0 Å². The molecule has 0 radical (unpaired) electrons. The summed E-state index contributed by atoms with van der Waals surface area (Å²) in [5, 5.41) is 2.25. The summed E-state index contributed by atoms with van der Waals surface area (Å²) in [7, 11) is 0. The number of anilines is 9. The van der Waals surface area contributed by atoms with Crippen molar-refractivity contribution in [3.63, 3.8) is 0 Å². The van der Waals surface area contributed by atoms with E-state index in [1.54, 1.807) is 0 Å². The van der Waals surface area contributed by atoms with Gasteiger partial charge in [0.05, 0.1) is 0 Å². The quantitative estimate of drug-likeness (QED) is 0.141. The van der Waals surface area contributed by atoms with E-state index in [4.69, 9.17) is 4.42 Å². The number of hydrogen-bond donors (Lipinski definition) is 0. The molecule has 11 aromatic carbocycles. The van der Waals surface area contributed by atoms with Crippen molar-refractivity contribution in [2.75, 3.05) is 14.7 Å². The SMILES string of the molecule is CC(C)(C)c1ccc(N(c2ccc(C(C)(C)C)cc2)c2ccc3c(c2)N(c2ccc(-c4cccc5c4oc4ccccc45)cc2)c2cc(C(C)(C)C)cc4c2B3c2cc(-c3ccccc3)ccc2N4c2ccc(-c3ccccc3)cc2)cc1. The van der Waals surface area contributed by atoms with E-state index < -0.39 is 0 Å². The first-order valence-corrected chi connectivity index (χ1v) is 29.3. The van der Waals surface area contributed by atoms with Crippen LogP contribution in [-0.2, 0) is 16.2 Å². The van der Waals surface area contributed by atoms with Gasteiger partial charge in [-0.15, -0.1) is 0 Å². The number of para-hydroxylation sites is 2. The topological polar surface area (TPSA) is 22.9 Å². The number of fused-ring (bicyclic) bond motifs is 7. The van der Waals surface area contributed by atoms with Crippen LogP contribution in [0.3, 0.4) is 0 Å². The van der Waals surface area contributed by atoms with Crippen LogP contribution in [0.15, 0.2) is 253 Å². The molecular weight excluding hydrogens is 1010 g/mol. The van der Waals surface area contributed by atoms with E-state index in [9.17, 15) is 0 Å². The van der Waals surface area contributed by atoms with E-state index in [0.717, 1.165) is 67.2 Å². The third-order valence-corrected chi connectivity index (χ3v) is 17.3. The Labute approximate surface area is 490 Å². The van der Waals surface area contributed by atoms with Crippen molar-refractivity contribution >= 4 is 96.2 Å². The molecule has 0 N–H and O–H groups in total. The van der Waals surface area contributed by atoms with Gasteiger partial charge in [0, 0.05) is 67.5 Å². The number of rotatable bonds is 8. The highest BCUT2D eigenvalue weighted by Crippen LogP contribution is 2.49. The zero-order chi connectivity index (χ0) is 56.9. The predicted molar refractivity (Wildman–Crippen MR) is 355 cm³/mol. The van der Waals surface area contributed by atoms with E-state index in [1.807, 2.05) is 6.07 Å². The summed E-state index contributed by atoms with van der Waals surface area (Å²) in [6, 6.07) is 92.7. The van der Waals surface area contributed by atoms with Crippen molar-refractivity contribution in [2.45, 2.75) is 78.6 Å². The van der Waals surface area contributed by atoms with Crippen LogP contribution in [-0.4, -0.2) is 6.71 Å². The highest BCUT2D eigenvalue weighted by molar-refractivity contribution is 7.00. The lowest BCUT2D eigenvalue weighted by Gasteiger charge is -2.45. The molecule has 0 aliphatic carbocycles. The summed E-state index contributed by atoms with van der Waals surface area (Å²) in [6.45, 7) is 20.7. The van der Waals surface area contributed by atoms with Crippen molar-refractivity contribution in [2.24, 2.45) is 0 Å². The average molecular weight is 1070 g/mol. The number of hydrogen-bond acceptors (Lipinski definition) is 4. The second-order valence-electron chi connectivity index (χ2n) is 25.8. The highest BCUT2D eigenvalue weighted by atomic mass is 16.3. The molecule has 2 aliphatic rings. The summed E-state index contributed by atoms with van der Waals surface area (Å²) in [5.74, 6) is 0. The third kappa shape index (κ3) is 9.11. The lowest BCUT2D eigenvalue weighted by atomic mass is 9.33. The highest BCUT2D eigenvalue weighted by Gasteiger charge is 2.45. The minimum atomic E-state index is -0.195. The zero-order valence-electron chi connectivity index (χ0n) is 49.0. The Bertz CT molecular complexity index is 4350. The molecule has 0 fully saturated rings. The molecule has 0 unspecified atom stereocenters. The van der Waals surface area contributed by atoms with E-state index >= 15 is 0 Å². The molecule has 0 saturated carbocycles. The van der Waals surface area contributed by atoms with Gasteiger partial charge in [0.2, 0.25) is 0 Å². The van der Waals surface area contributed by atoms with Gasteiger partial charge in [0.25, 0.3) is 6.71 Å². The van der Waals surface area contributed by atoms with Crippen LogP contribution in [0, 0.1) is 0 Å². The van der Waals surface area contributed by atoms with Gasteiger partial charge in [0.15, 0.2) is 0 Å². The van der Waals surface area contributed by atoms with Crippen molar-refractivity contribution in [1.29, 1.82) is 0 Å². The maximum Gasteiger partial charge on any atom is 0.252 e. The Morgan fingerprint density at radius 3 is 1.40 bits per heavy atom. The standard InChI is InChI=1S/C78H68BN3O/c1-76(2,3)56-32-40-59(41-33-56)80(60-42-34-57(35-43-60)77(4,5)6)63-44-45-67-70(50-63)82(62-38-29-54(30-39-62)64-24-18-25-66-65-23-16-17-26-73(65)83-75(64)66)72-49-58(78(7,8)9)48-71-74(72)79(67)68-47-55(52-21-14-11-15-22-52)31-46-69(68)81(71)61-36-27-53(28-37-61)51-19-12-10-13-20-51/h10-50H,1-9H3. The van der Waals surface area contributed by atoms with Gasteiger partial charge < -0.3 is 19.1 Å². The summed E-state index contributed by atoms with van der Waals surface area (Å²) in [6.07, 6.45) is 0. The van der Waals surface area contributed by atoms with E-state index in [-0.39, 0.29) is 23.0 Å². The minimum Gasteiger partial charge on any atom is -0.455 e. The maximum atomic E-state index is 6.64. The minimum absolute atomic E-state index is 0.00811.